The normalized spacial score (nSPS) is 18.1. The van der Waals surface area contributed by atoms with Crippen LogP contribution in [0.3, 0.4) is 0 Å². The zero-order valence-corrected chi connectivity index (χ0v) is 17.3. The van der Waals surface area contributed by atoms with Gasteiger partial charge < -0.3 is 19.9 Å². The van der Waals surface area contributed by atoms with Gasteiger partial charge in [-0.15, -0.1) is 24.0 Å². The number of halogens is 4. The van der Waals surface area contributed by atoms with Crippen LogP contribution in [0.5, 0.6) is 0 Å². The van der Waals surface area contributed by atoms with Crippen LogP contribution in [0.2, 0.25) is 0 Å². The minimum atomic E-state index is -4.40. The zero-order chi connectivity index (χ0) is 18.2. The Labute approximate surface area is 164 Å². The summed E-state index contributed by atoms with van der Waals surface area (Å²) in [5, 5.41) is 3.09. The molecule has 10 heteroatoms. The van der Waals surface area contributed by atoms with Crippen molar-refractivity contribution in [2.75, 3.05) is 53.0 Å². The third-order valence-corrected chi connectivity index (χ3v) is 3.68. The van der Waals surface area contributed by atoms with Crippen molar-refractivity contribution in [1.82, 2.24) is 15.1 Å². The molecule has 0 aromatic rings. The van der Waals surface area contributed by atoms with Gasteiger partial charge in [0.2, 0.25) is 5.91 Å². The number of hydrogen-bond acceptors (Lipinski definition) is 3. The molecular formula is C15H28F3IN4O2. The minimum Gasteiger partial charge on any atom is -0.381 e. The molecule has 148 valence electrons. The highest BCUT2D eigenvalue weighted by Crippen LogP contribution is 2.17. The lowest BCUT2D eigenvalue weighted by Gasteiger charge is -2.22. The van der Waals surface area contributed by atoms with E-state index in [0.29, 0.717) is 36.5 Å². The maximum Gasteiger partial charge on any atom is 0.406 e. The molecule has 0 saturated carbocycles. The summed E-state index contributed by atoms with van der Waals surface area (Å²) in [6, 6.07) is 0. The van der Waals surface area contributed by atoms with Crippen molar-refractivity contribution in [3.05, 3.63) is 0 Å². The van der Waals surface area contributed by atoms with E-state index in [1.54, 1.807) is 0 Å². The van der Waals surface area contributed by atoms with Crippen molar-refractivity contribution in [1.29, 1.82) is 0 Å². The molecule has 1 heterocycles. The molecule has 1 atom stereocenters. The van der Waals surface area contributed by atoms with Crippen LogP contribution in [-0.2, 0) is 9.53 Å². The van der Waals surface area contributed by atoms with Gasteiger partial charge in [-0.1, -0.05) is 0 Å². The molecule has 1 aliphatic heterocycles. The minimum absolute atomic E-state index is 0. The van der Waals surface area contributed by atoms with Gasteiger partial charge in [0.15, 0.2) is 5.96 Å². The highest BCUT2D eigenvalue weighted by atomic mass is 127. The zero-order valence-electron chi connectivity index (χ0n) is 14.9. The molecule has 25 heavy (non-hydrogen) atoms. The number of guanidine groups is 1. The quantitative estimate of drug-likeness (QED) is 0.344. The van der Waals surface area contributed by atoms with Crippen molar-refractivity contribution in [2.45, 2.75) is 26.4 Å². The first-order chi connectivity index (χ1) is 11.3. The predicted octanol–water partition coefficient (Wildman–Crippen LogP) is 1.95. The van der Waals surface area contributed by atoms with E-state index in [2.05, 4.69) is 10.3 Å². The first-order valence-corrected chi connectivity index (χ1v) is 8.18. The number of rotatable bonds is 7. The SMILES string of the molecule is CCNC(=NCC(=O)N(C)CC(F)(F)F)N1CCC(COCC)C1.I. The van der Waals surface area contributed by atoms with Crippen LogP contribution in [0.15, 0.2) is 4.99 Å². The van der Waals surface area contributed by atoms with Crippen LogP contribution in [0, 0.1) is 5.92 Å². The van der Waals surface area contributed by atoms with E-state index in [1.807, 2.05) is 18.7 Å². The summed E-state index contributed by atoms with van der Waals surface area (Å²) < 4.78 is 42.4. The Morgan fingerprint density at radius 3 is 2.64 bits per heavy atom. The molecule has 1 unspecified atom stereocenters. The average molecular weight is 480 g/mol. The summed E-state index contributed by atoms with van der Waals surface area (Å²) >= 11 is 0. The Balaban J connectivity index is 0.00000576. The Morgan fingerprint density at radius 2 is 2.08 bits per heavy atom. The number of amides is 1. The maximum atomic E-state index is 12.3. The third kappa shape index (κ3) is 9.47. The molecule has 1 N–H and O–H groups in total. The highest BCUT2D eigenvalue weighted by Gasteiger charge is 2.31. The molecule has 0 aliphatic carbocycles. The molecular weight excluding hydrogens is 452 g/mol. The summed E-state index contributed by atoms with van der Waals surface area (Å²) in [6.07, 6.45) is -3.44. The predicted molar refractivity (Wildman–Crippen MR) is 101 cm³/mol. The number of carbonyl (C=O) groups is 1. The van der Waals surface area contributed by atoms with Crippen LogP contribution in [-0.4, -0.2) is 80.8 Å². The van der Waals surface area contributed by atoms with Crippen LogP contribution in [0.4, 0.5) is 13.2 Å². The molecule has 0 aromatic heterocycles. The van der Waals surface area contributed by atoms with Gasteiger partial charge in [0.25, 0.3) is 0 Å². The Kier molecular flexibility index (Phi) is 11.4. The number of nitrogens with one attached hydrogen (secondary N) is 1. The lowest BCUT2D eigenvalue weighted by molar-refractivity contribution is -0.157. The van der Waals surface area contributed by atoms with Gasteiger partial charge in [0, 0.05) is 39.2 Å². The van der Waals surface area contributed by atoms with Crippen LogP contribution < -0.4 is 5.32 Å². The first-order valence-electron chi connectivity index (χ1n) is 8.18. The largest absolute Gasteiger partial charge is 0.406 e. The van der Waals surface area contributed by atoms with Crippen molar-refractivity contribution in [3.8, 4) is 0 Å². The number of alkyl halides is 3. The lowest BCUT2D eigenvalue weighted by Crippen LogP contribution is -2.42. The second-order valence-corrected chi connectivity index (χ2v) is 5.80. The van der Waals surface area contributed by atoms with E-state index in [1.165, 1.54) is 0 Å². The van der Waals surface area contributed by atoms with Gasteiger partial charge in [-0.2, -0.15) is 13.2 Å². The second-order valence-electron chi connectivity index (χ2n) is 5.80. The lowest BCUT2D eigenvalue weighted by atomic mass is 10.1. The van der Waals surface area contributed by atoms with Crippen molar-refractivity contribution < 1.29 is 22.7 Å². The van der Waals surface area contributed by atoms with Crippen LogP contribution in [0.1, 0.15) is 20.3 Å². The summed E-state index contributed by atoms with van der Waals surface area (Å²) in [5.41, 5.74) is 0. The number of nitrogens with zero attached hydrogens (tertiary/aromatic N) is 3. The molecule has 0 bridgehead atoms. The Bertz CT molecular complexity index is 435. The molecule has 1 saturated heterocycles. The summed E-state index contributed by atoms with van der Waals surface area (Å²) in [7, 11) is 1.13. The number of likely N-dealkylation sites (N-methyl/N-ethyl adjacent to an activating group) is 1. The smallest absolute Gasteiger partial charge is 0.381 e. The fourth-order valence-electron chi connectivity index (χ4n) is 2.49. The van der Waals surface area contributed by atoms with E-state index < -0.39 is 18.6 Å². The second kappa shape index (κ2) is 11.8. The topological polar surface area (TPSA) is 57.2 Å². The maximum absolute atomic E-state index is 12.3. The molecule has 0 radical (unpaired) electrons. The highest BCUT2D eigenvalue weighted by molar-refractivity contribution is 14.0. The van der Waals surface area contributed by atoms with E-state index in [-0.39, 0.29) is 30.5 Å². The van der Waals surface area contributed by atoms with Gasteiger partial charge in [0.1, 0.15) is 13.1 Å². The molecule has 0 aromatic carbocycles. The number of likely N-dealkylation sites (tertiary alicyclic amines) is 1. The molecule has 6 nitrogen and oxygen atoms in total. The molecule has 1 rings (SSSR count). The molecule has 1 amide bonds. The van der Waals surface area contributed by atoms with Crippen molar-refractivity contribution in [2.24, 2.45) is 10.9 Å². The van der Waals surface area contributed by atoms with E-state index in [4.69, 9.17) is 4.74 Å². The van der Waals surface area contributed by atoms with Crippen molar-refractivity contribution in [3.63, 3.8) is 0 Å². The van der Waals surface area contributed by atoms with E-state index in [9.17, 15) is 18.0 Å². The van der Waals surface area contributed by atoms with Crippen LogP contribution in [0.25, 0.3) is 0 Å². The summed E-state index contributed by atoms with van der Waals surface area (Å²) in [5.74, 6) is 0.301. The van der Waals surface area contributed by atoms with E-state index in [0.717, 1.165) is 26.6 Å². The van der Waals surface area contributed by atoms with Crippen LogP contribution >= 0.6 is 24.0 Å². The standard InChI is InChI=1S/C15H27F3N4O2.HI/c1-4-19-14(22-7-6-12(9-22)10-24-5-2)20-8-13(23)21(3)11-15(16,17)18;/h12H,4-11H2,1-3H3,(H,19,20);1H. The summed E-state index contributed by atoms with van der Waals surface area (Å²) in [6.45, 7) is 5.80. The number of hydrogen-bond donors (Lipinski definition) is 1. The van der Waals surface area contributed by atoms with Gasteiger partial charge >= 0.3 is 6.18 Å². The van der Waals surface area contributed by atoms with E-state index >= 15 is 0 Å². The Morgan fingerprint density at radius 1 is 1.40 bits per heavy atom. The van der Waals surface area contributed by atoms with Crippen molar-refractivity contribution >= 4 is 35.8 Å². The average Bonchev–Trinajstić information content (AvgIpc) is 2.96. The van der Waals surface area contributed by atoms with Gasteiger partial charge in [-0.25, -0.2) is 4.99 Å². The van der Waals surface area contributed by atoms with Gasteiger partial charge in [-0.3, -0.25) is 4.79 Å². The summed E-state index contributed by atoms with van der Waals surface area (Å²) in [4.78, 5) is 18.7. The number of carbonyl (C=O) groups excluding carboxylic acids is 1. The van der Waals surface area contributed by atoms with Gasteiger partial charge in [0.05, 0.1) is 6.61 Å². The number of ether oxygens (including phenoxy) is 1. The van der Waals surface area contributed by atoms with Gasteiger partial charge in [-0.05, 0) is 20.3 Å². The third-order valence-electron chi connectivity index (χ3n) is 3.68. The molecule has 1 aliphatic rings. The monoisotopic (exact) mass is 480 g/mol. The first kappa shape index (κ1) is 24.2. The fraction of sp³-hybridized carbons (Fsp3) is 0.867. The Hall–Kier alpha value is -0.780. The fourth-order valence-corrected chi connectivity index (χ4v) is 2.49. The number of aliphatic imine (C=N–C) groups is 1. The molecule has 1 fully saturated rings. The molecule has 0 spiro atoms.